The van der Waals surface area contributed by atoms with Crippen LogP contribution in [0.4, 0.5) is 0 Å². The van der Waals surface area contributed by atoms with E-state index in [2.05, 4.69) is 21.2 Å². The molecule has 0 fully saturated rings. The number of hydrogen-bond acceptors (Lipinski definition) is 3. The van der Waals surface area contributed by atoms with Gasteiger partial charge in [0.2, 0.25) is 5.91 Å². The molecular formula is C14H20BrNO2S. The van der Waals surface area contributed by atoms with Gasteiger partial charge in [0, 0.05) is 15.9 Å². The van der Waals surface area contributed by atoms with Crippen molar-refractivity contribution in [2.45, 2.75) is 37.7 Å². The zero-order valence-electron chi connectivity index (χ0n) is 11.3. The van der Waals surface area contributed by atoms with Crippen LogP contribution in [0.2, 0.25) is 0 Å². The maximum absolute atomic E-state index is 11.7. The van der Waals surface area contributed by atoms with Gasteiger partial charge in [0.05, 0.1) is 11.9 Å². The van der Waals surface area contributed by atoms with Crippen LogP contribution in [0, 0.1) is 6.92 Å². The number of thioether (sulfide) groups is 1. The van der Waals surface area contributed by atoms with Crippen LogP contribution in [0.3, 0.4) is 0 Å². The minimum atomic E-state index is -0.437. The summed E-state index contributed by atoms with van der Waals surface area (Å²) in [5, 5.41) is 12.3. The van der Waals surface area contributed by atoms with Gasteiger partial charge in [0.25, 0.3) is 0 Å². The van der Waals surface area contributed by atoms with Crippen LogP contribution in [0.5, 0.6) is 0 Å². The summed E-state index contributed by atoms with van der Waals surface area (Å²) in [5.41, 5.74) is 1.15. The Balaban J connectivity index is 2.33. The predicted octanol–water partition coefficient (Wildman–Crippen LogP) is 3.13. The summed E-state index contributed by atoms with van der Waals surface area (Å²) in [4.78, 5) is 12.8. The number of halogens is 1. The standard InChI is InChI=1S/C14H20BrNO2S/c1-3-4-12(17)8-16-14(18)9-19-13-6-5-11(15)7-10(13)2/h5-7,12,17H,3-4,8-9H2,1-2H3,(H,16,18). The molecule has 1 atom stereocenters. The maximum Gasteiger partial charge on any atom is 0.230 e. The van der Waals surface area contributed by atoms with Gasteiger partial charge >= 0.3 is 0 Å². The molecule has 2 N–H and O–H groups in total. The zero-order valence-corrected chi connectivity index (χ0v) is 13.7. The number of carbonyl (C=O) groups is 1. The van der Waals surface area contributed by atoms with E-state index in [4.69, 9.17) is 0 Å². The van der Waals surface area contributed by atoms with Crippen LogP contribution in [-0.2, 0) is 4.79 Å². The van der Waals surface area contributed by atoms with Gasteiger partial charge < -0.3 is 10.4 Å². The molecule has 0 aromatic heterocycles. The third-order valence-electron chi connectivity index (χ3n) is 2.65. The molecule has 1 unspecified atom stereocenters. The second-order valence-corrected chi connectivity index (χ2v) is 6.38. The molecule has 0 heterocycles. The largest absolute Gasteiger partial charge is 0.391 e. The molecule has 0 bridgehead atoms. The van der Waals surface area contributed by atoms with Gasteiger partial charge in [-0.3, -0.25) is 4.79 Å². The molecule has 19 heavy (non-hydrogen) atoms. The highest BCUT2D eigenvalue weighted by molar-refractivity contribution is 9.10. The van der Waals surface area contributed by atoms with Crippen molar-refractivity contribution in [3.63, 3.8) is 0 Å². The average molecular weight is 346 g/mol. The fourth-order valence-electron chi connectivity index (χ4n) is 1.64. The molecule has 0 spiro atoms. The summed E-state index contributed by atoms with van der Waals surface area (Å²) in [6.07, 6.45) is 1.21. The number of aliphatic hydroxyl groups excluding tert-OH is 1. The third kappa shape index (κ3) is 6.45. The molecule has 1 aromatic carbocycles. The van der Waals surface area contributed by atoms with Gasteiger partial charge in [-0.15, -0.1) is 11.8 Å². The van der Waals surface area contributed by atoms with E-state index in [9.17, 15) is 9.90 Å². The first-order valence-corrected chi connectivity index (χ1v) is 8.14. The number of benzene rings is 1. The van der Waals surface area contributed by atoms with E-state index in [1.807, 2.05) is 32.0 Å². The molecule has 0 aliphatic carbocycles. The van der Waals surface area contributed by atoms with E-state index in [0.717, 1.165) is 27.8 Å². The van der Waals surface area contributed by atoms with Gasteiger partial charge in [-0.2, -0.15) is 0 Å². The monoisotopic (exact) mass is 345 g/mol. The predicted molar refractivity (Wildman–Crippen MR) is 83.5 cm³/mol. The van der Waals surface area contributed by atoms with Crippen molar-refractivity contribution >= 4 is 33.6 Å². The molecule has 0 aliphatic rings. The molecular weight excluding hydrogens is 326 g/mol. The number of hydrogen-bond donors (Lipinski definition) is 2. The SMILES string of the molecule is CCCC(O)CNC(=O)CSc1ccc(Br)cc1C. The quantitative estimate of drug-likeness (QED) is 0.746. The van der Waals surface area contributed by atoms with E-state index in [-0.39, 0.29) is 5.91 Å². The first kappa shape index (κ1) is 16.5. The Bertz CT molecular complexity index is 426. The third-order valence-corrected chi connectivity index (χ3v) is 4.32. The summed E-state index contributed by atoms with van der Waals surface area (Å²) < 4.78 is 1.04. The van der Waals surface area contributed by atoms with Gasteiger partial charge in [-0.05, 0) is 37.1 Å². The lowest BCUT2D eigenvalue weighted by Gasteiger charge is -2.11. The molecule has 0 aliphatic heterocycles. The van der Waals surface area contributed by atoms with Gasteiger partial charge in [-0.25, -0.2) is 0 Å². The van der Waals surface area contributed by atoms with Gasteiger partial charge in [0.1, 0.15) is 0 Å². The van der Waals surface area contributed by atoms with Crippen LogP contribution >= 0.6 is 27.7 Å². The second-order valence-electron chi connectivity index (χ2n) is 4.45. The van der Waals surface area contributed by atoms with E-state index >= 15 is 0 Å². The molecule has 106 valence electrons. The summed E-state index contributed by atoms with van der Waals surface area (Å²) in [5.74, 6) is 0.337. The highest BCUT2D eigenvalue weighted by Gasteiger charge is 2.07. The number of nitrogens with one attached hydrogen (secondary N) is 1. The Kier molecular flexibility index (Phi) is 7.49. The Labute approximate surface area is 127 Å². The Hall–Kier alpha value is -0.520. The van der Waals surface area contributed by atoms with Crippen LogP contribution in [-0.4, -0.2) is 29.4 Å². The summed E-state index contributed by atoms with van der Waals surface area (Å²) in [6, 6.07) is 6.01. The second kappa shape index (κ2) is 8.61. The molecule has 0 saturated heterocycles. The van der Waals surface area contributed by atoms with Crippen molar-refractivity contribution in [3.8, 4) is 0 Å². The molecule has 1 aromatic rings. The number of aliphatic hydroxyl groups is 1. The van der Waals surface area contributed by atoms with Gasteiger partial charge in [-0.1, -0.05) is 29.3 Å². The van der Waals surface area contributed by atoms with Crippen LogP contribution in [0.1, 0.15) is 25.3 Å². The number of aryl methyl sites for hydroxylation is 1. The summed E-state index contributed by atoms with van der Waals surface area (Å²) in [6.45, 7) is 4.37. The molecule has 0 radical (unpaired) electrons. The molecule has 5 heteroatoms. The van der Waals surface area contributed by atoms with Crippen molar-refractivity contribution in [3.05, 3.63) is 28.2 Å². The lowest BCUT2D eigenvalue weighted by Crippen LogP contribution is -2.33. The molecule has 3 nitrogen and oxygen atoms in total. The van der Waals surface area contributed by atoms with Gasteiger partial charge in [0.15, 0.2) is 0 Å². The van der Waals surface area contributed by atoms with Crippen LogP contribution < -0.4 is 5.32 Å². The molecule has 1 amide bonds. The zero-order chi connectivity index (χ0) is 14.3. The van der Waals surface area contributed by atoms with Crippen molar-refractivity contribution < 1.29 is 9.90 Å². The normalized spacial score (nSPS) is 12.2. The average Bonchev–Trinajstić information content (AvgIpc) is 2.35. The fraction of sp³-hybridized carbons (Fsp3) is 0.500. The maximum atomic E-state index is 11.7. The Morgan fingerprint density at radius 2 is 2.26 bits per heavy atom. The number of carbonyl (C=O) groups excluding carboxylic acids is 1. The Morgan fingerprint density at radius 1 is 1.53 bits per heavy atom. The van der Waals surface area contributed by atoms with E-state index in [1.165, 1.54) is 11.8 Å². The summed E-state index contributed by atoms with van der Waals surface area (Å²) >= 11 is 4.93. The lowest BCUT2D eigenvalue weighted by molar-refractivity contribution is -0.119. The van der Waals surface area contributed by atoms with Crippen LogP contribution in [0.25, 0.3) is 0 Å². The summed E-state index contributed by atoms with van der Waals surface area (Å²) in [7, 11) is 0. The van der Waals surface area contributed by atoms with Crippen molar-refractivity contribution in [2.24, 2.45) is 0 Å². The minimum Gasteiger partial charge on any atom is -0.391 e. The van der Waals surface area contributed by atoms with Crippen molar-refractivity contribution in [2.75, 3.05) is 12.3 Å². The topological polar surface area (TPSA) is 49.3 Å². The van der Waals surface area contributed by atoms with Crippen LogP contribution in [0.15, 0.2) is 27.6 Å². The minimum absolute atomic E-state index is 0.0394. The van der Waals surface area contributed by atoms with E-state index in [0.29, 0.717) is 12.3 Å². The van der Waals surface area contributed by atoms with Crippen molar-refractivity contribution in [1.82, 2.24) is 5.32 Å². The number of amides is 1. The molecule has 0 saturated carbocycles. The molecule has 1 rings (SSSR count). The lowest BCUT2D eigenvalue weighted by atomic mass is 10.2. The highest BCUT2D eigenvalue weighted by atomic mass is 79.9. The van der Waals surface area contributed by atoms with E-state index in [1.54, 1.807) is 0 Å². The highest BCUT2D eigenvalue weighted by Crippen LogP contribution is 2.24. The first-order chi connectivity index (χ1) is 9.02. The number of rotatable bonds is 7. The Morgan fingerprint density at radius 3 is 2.89 bits per heavy atom. The smallest absolute Gasteiger partial charge is 0.230 e. The van der Waals surface area contributed by atoms with E-state index < -0.39 is 6.10 Å². The fourth-order valence-corrected chi connectivity index (χ4v) is 2.95. The van der Waals surface area contributed by atoms with Crippen molar-refractivity contribution in [1.29, 1.82) is 0 Å². The first-order valence-electron chi connectivity index (χ1n) is 6.36.